The van der Waals surface area contributed by atoms with E-state index >= 15 is 0 Å². The van der Waals surface area contributed by atoms with E-state index in [1.807, 2.05) is 18.2 Å². The Bertz CT molecular complexity index is 246. The van der Waals surface area contributed by atoms with E-state index in [0.29, 0.717) is 6.42 Å². The van der Waals surface area contributed by atoms with Crippen molar-refractivity contribution in [2.75, 3.05) is 0 Å². The number of hydrogen-bond acceptors (Lipinski definition) is 2. The molecule has 0 saturated carbocycles. The Morgan fingerprint density at radius 2 is 2.00 bits per heavy atom. The fraction of sp³-hybridized carbons (Fsp3) is 0.364. The maximum atomic E-state index is 10.1. The lowest BCUT2D eigenvalue weighted by atomic mass is 10.0. The molecular weight excluding hydrogens is 162 g/mol. The van der Waals surface area contributed by atoms with Crippen molar-refractivity contribution in [2.45, 2.75) is 25.3 Å². The Hall–Kier alpha value is -1.15. The molecule has 0 amide bonds. The van der Waals surface area contributed by atoms with E-state index in [9.17, 15) is 4.79 Å². The molecule has 0 unspecified atom stereocenters. The van der Waals surface area contributed by atoms with Crippen molar-refractivity contribution < 1.29 is 4.79 Å². The van der Waals surface area contributed by atoms with Gasteiger partial charge >= 0.3 is 0 Å². The molecule has 0 fully saturated rings. The minimum Gasteiger partial charge on any atom is -0.327 e. The molecule has 0 saturated heterocycles. The van der Waals surface area contributed by atoms with Crippen LogP contribution >= 0.6 is 0 Å². The quantitative estimate of drug-likeness (QED) is 0.693. The van der Waals surface area contributed by atoms with Crippen molar-refractivity contribution in [1.82, 2.24) is 0 Å². The van der Waals surface area contributed by atoms with Gasteiger partial charge in [0, 0.05) is 12.5 Å². The average Bonchev–Trinajstić information content (AvgIpc) is 2.17. The second kappa shape index (κ2) is 5.49. The van der Waals surface area contributed by atoms with Gasteiger partial charge in [0.15, 0.2) is 0 Å². The maximum absolute atomic E-state index is 10.1. The summed E-state index contributed by atoms with van der Waals surface area (Å²) in [6.07, 6.45) is 3.18. The van der Waals surface area contributed by atoms with Crippen LogP contribution in [0.2, 0.25) is 0 Å². The predicted octanol–water partition coefficient (Wildman–Crippen LogP) is 1.54. The van der Waals surface area contributed by atoms with Crippen LogP contribution < -0.4 is 5.73 Å². The standard InChI is InChI=1S/C11H15NO/c12-11(8-9-13)7-6-10-4-2-1-3-5-10/h1-5,9,11H,6-8,12H2/t11-/m1/s1. The van der Waals surface area contributed by atoms with Crippen LogP contribution in [-0.4, -0.2) is 12.3 Å². The first-order chi connectivity index (χ1) is 6.33. The molecule has 0 bridgehead atoms. The smallest absolute Gasteiger partial charge is 0.121 e. The molecule has 0 heterocycles. The van der Waals surface area contributed by atoms with Crippen molar-refractivity contribution in [3.05, 3.63) is 35.9 Å². The summed E-state index contributed by atoms with van der Waals surface area (Å²) < 4.78 is 0. The van der Waals surface area contributed by atoms with E-state index in [1.165, 1.54) is 5.56 Å². The van der Waals surface area contributed by atoms with E-state index in [0.717, 1.165) is 19.1 Å². The van der Waals surface area contributed by atoms with E-state index in [4.69, 9.17) is 5.73 Å². The van der Waals surface area contributed by atoms with Gasteiger partial charge in [0.2, 0.25) is 0 Å². The Kier molecular flexibility index (Phi) is 4.19. The zero-order chi connectivity index (χ0) is 9.52. The van der Waals surface area contributed by atoms with Gasteiger partial charge in [-0.05, 0) is 18.4 Å². The summed E-state index contributed by atoms with van der Waals surface area (Å²) in [6, 6.07) is 10.2. The van der Waals surface area contributed by atoms with E-state index in [2.05, 4.69) is 12.1 Å². The van der Waals surface area contributed by atoms with Crippen molar-refractivity contribution in [3.63, 3.8) is 0 Å². The van der Waals surface area contributed by atoms with Gasteiger partial charge in [0.1, 0.15) is 6.29 Å². The molecule has 0 aromatic heterocycles. The van der Waals surface area contributed by atoms with Gasteiger partial charge in [0.25, 0.3) is 0 Å². The Morgan fingerprint density at radius 1 is 1.31 bits per heavy atom. The third kappa shape index (κ3) is 3.85. The van der Waals surface area contributed by atoms with Crippen LogP contribution in [0.1, 0.15) is 18.4 Å². The second-order valence-corrected chi connectivity index (χ2v) is 3.19. The highest BCUT2D eigenvalue weighted by Gasteiger charge is 2.01. The largest absolute Gasteiger partial charge is 0.327 e. The van der Waals surface area contributed by atoms with Crippen molar-refractivity contribution in [3.8, 4) is 0 Å². The van der Waals surface area contributed by atoms with Crippen LogP contribution in [0.3, 0.4) is 0 Å². The lowest BCUT2D eigenvalue weighted by Crippen LogP contribution is -2.20. The molecule has 1 aromatic carbocycles. The van der Waals surface area contributed by atoms with E-state index < -0.39 is 0 Å². The number of hydrogen-bond donors (Lipinski definition) is 1. The summed E-state index contributed by atoms with van der Waals surface area (Å²) in [5.41, 5.74) is 6.98. The number of aldehydes is 1. The number of carbonyl (C=O) groups is 1. The summed E-state index contributed by atoms with van der Waals surface area (Å²) in [5.74, 6) is 0. The lowest BCUT2D eigenvalue weighted by Gasteiger charge is -2.06. The molecule has 1 rings (SSSR count). The van der Waals surface area contributed by atoms with Gasteiger partial charge in [0.05, 0.1) is 0 Å². The minimum atomic E-state index is 0.0118. The van der Waals surface area contributed by atoms with Gasteiger partial charge in [-0.15, -0.1) is 0 Å². The SMILES string of the molecule is N[C@@H](CC=O)CCc1ccccc1. The van der Waals surface area contributed by atoms with Crippen LogP contribution in [0.4, 0.5) is 0 Å². The highest BCUT2D eigenvalue weighted by atomic mass is 16.1. The summed E-state index contributed by atoms with van der Waals surface area (Å²) in [7, 11) is 0. The van der Waals surface area contributed by atoms with Crippen LogP contribution in [0, 0.1) is 0 Å². The Labute approximate surface area is 78.8 Å². The van der Waals surface area contributed by atoms with E-state index in [1.54, 1.807) is 0 Å². The molecule has 13 heavy (non-hydrogen) atoms. The molecule has 70 valence electrons. The molecule has 1 aromatic rings. The maximum Gasteiger partial charge on any atom is 0.121 e. The summed E-state index contributed by atoms with van der Waals surface area (Å²) in [4.78, 5) is 10.1. The molecule has 0 spiro atoms. The molecule has 0 aliphatic rings. The molecule has 2 N–H and O–H groups in total. The molecule has 2 nitrogen and oxygen atoms in total. The summed E-state index contributed by atoms with van der Waals surface area (Å²) in [5, 5.41) is 0. The number of aryl methyl sites for hydroxylation is 1. The van der Waals surface area contributed by atoms with Crippen molar-refractivity contribution in [2.24, 2.45) is 5.73 Å². The van der Waals surface area contributed by atoms with Gasteiger partial charge in [-0.1, -0.05) is 30.3 Å². The zero-order valence-electron chi connectivity index (χ0n) is 7.65. The van der Waals surface area contributed by atoms with Gasteiger partial charge < -0.3 is 10.5 Å². The molecule has 0 radical (unpaired) electrons. The minimum absolute atomic E-state index is 0.0118. The first kappa shape index (κ1) is 9.93. The molecule has 0 aliphatic carbocycles. The Morgan fingerprint density at radius 3 is 2.62 bits per heavy atom. The second-order valence-electron chi connectivity index (χ2n) is 3.19. The van der Waals surface area contributed by atoms with E-state index in [-0.39, 0.29) is 6.04 Å². The molecular formula is C11H15NO. The van der Waals surface area contributed by atoms with Crippen LogP contribution in [0.5, 0.6) is 0 Å². The monoisotopic (exact) mass is 177 g/mol. The number of benzene rings is 1. The van der Waals surface area contributed by atoms with Crippen LogP contribution in [-0.2, 0) is 11.2 Å². The third-order valence-electron chi connectivity index (χ3n) is 2.05. The lowest BCUT2D eigenvalue weighted by molar-refractivity contribution is -0.108. The van der Waals surface area contributed by atoms with Gasteiger partial charge in [-0.3, -0.25) is 0 Å². The molecule has 0 aliphatic heterocycles. The zero-order valence-corrected chi connectivity index (χ0v) is 7.65. The number of rotatable bonds is 5. The number of carbonyl (C=O) groups excluding carboxylic acids is 1. The highest BCUT2D eigenvalue weighted by molar-refractivity contribution is 5.50. The Balaban J connectivity index is 2.30. The fourth-order valence-corrected chi connectivity index (χ4v) is 1.24. The normalized spacial score (nSPS) is 12.4. The first-order valence-corrected chi connectivity index (χ1v) is 4.56. The van der Waals surface area contributed by atoms with Crippen molar-refractivity contribution >= 4 is 6.29 Å². The topological polar surface area (TPSA) is 43.1 Å². The fourth-order valence-electron chi connectivity index (χ4n) is 1.24. The average molecular weight is 177 g/mol. The first-order valence-electron chi connectivity index (χ1n) is 4.56. The van der Waals surface area contributed by atoms with Gasteiger partial charge in [-0.2, -0.15) is 0 Å². The highest BCUT2D eigenvalue weighted by Crippen LogP contribution is 2.04. The summed E-state index contributed by atoms with van der Waals surface area (Å²) in [6.45, 7) is 0. The van der Waals surface area contributed by atoms with Gasteiger partial charge in [-0.25, -0.2) is 0 Å². The molecule has 2 heteroatoms. The van der Waals surface area contributed by atoms with Crippen LogP contribution in [0.15, 0.2) is 30.3 Å². The third-order valence-corrected chi connectivity index (χ3v) is 2.05. The number of nitrogens with two attached hydrogens (primary N) is 1. The van der Waals surface area contributed by atoms with Crippen molar-refractivity contribution in [1.29, 1.82) is 0 Å². The summed E-state index contributed by atoms with van der Waals surface area (Å²) >= 11 is 0. The van der Waals surface area contributed by atoms with Crippen LogP contribution in [0.25, 0.3) is 0 Å². The molecule has 1 atom stereocenters. The predicted molar refractivity (Wildman–Crippen MR) is 53.4 cm³/mol.